The molecule has 94 valence electrons. The van der Waals surface area contributed by atoms with Crippen molar-refractivity contribution in [1.29, 1.82) is 0 Å². The summed E-state index contributed by atoms with van der Waals surface area (Å²) in [5, 5.41) is 12.9. The van der Waals surface area contributed by atoms with E-state index < -0.39 is 0 Å². The van der Waals surface area contributed by atoms with Crippen LogP contribution >= 0.6 is 0 Å². The van der Waals surface area contributed by atoms with E-state index in [1.54, 1.807) is 0 Å². The van der Waals surface area contributed by atoms with E-state index in [0.717, 1.165) is 13.0 Å². The number of allylic oxidation sites excluding steroid dienone is 1. The van der Waals surface area contributed by atoms with Crippen molar-refractivity contribution in [2.75, 3.05) is 19.7 Å². The minimum Gasteiger partial charge on any atom is -0.389 e. The van der Waals surface area contributed by atoms with Crippen LogP contribution < -0.4 is 5.32 Å². The van der Waals surface area contributed by atoms with Crippen molar-refractivity contribution in [1.82, 2.24) is 5.32 Å². The molecule has 0 heterocycles. The van der Waals surface area contributed by atoms with Gasteiger partial charge in [0, 0.05) is 6.54 Å². The lowest BCUT2D eigenvalue weighted by Gasteiger charge is -2.15. The summed E-state index contributed by atoms with van der Waals surface area (Å²) in [5.74, 6) is 0. The van der Waals surface area contributed by atoms with Gasteiger partial charge in [0.05, 0.1) is 18.8 Å². The van der Waals surface area contributed by atoms with E-state index in [2.05, 4.69) is 11.4 Å². The summed E-state index contributed by atoms with van der Waals surface area (Å²) in [6.07, 6.45) is 10.1. The quantitative estimate of drug-likeness (QED) is 0.491. The molecule has 0 aliphatic heterocycles. The highest BCUT2D eigenvalue weighted by Gasteiger charge is 2.16. The SMILES string of the molecule is C/C=C/CCNCC(O)COC1CCCC1. The summed E-state index contributed by atoms with van der Waals surface area (Å²) in [6.45, 7) is 4.04. The summed E-state index contributed by atoms with van der Waals surface area (Å²) in [4.78, 5) is 0. The molecule has 0 amide bonds. The Morgan fingerprint density at radius 1 is 1.44 bits per heavy atom. The van der Waals surface area contributed by atoms with Gasteiger partial charge in [-0.05, 0) is 32.7 Å². The van der Waals surface area contributed by atoms with Crippen LogP contribution in [0.2, 0.25) is 0 Å². The van der Waals surface area contributed by atoms with Gasteiger partial charge in [0.15, 0.2) is 0 Å². The number of ether oxygens (including phenoxy) is 1. The van der Waals surface area contributed by atoms with Crippen molar-refractivity contribution in [3.05, 3.63) is 12.2 Å². The molecule has 0 aromatic carbocycles. The molecular weight excluding hydrogens is 202 g/mol. The van der Waals surface area contributed by atoms with E-state index in [-0.39, 0.29) is 6.10 Å². The zero-order valence-corrected chi connectivity index (χ0v) is 10.3. The highest BCUT2D eigenvalue weighted by atomic mass is 16.5. The number of rotatable bonds is 8. The van der Waals surface area contributed by atoms with E-state index in [1.807, 2.05) is 13.0 Å². The number of aliphatic hydroxyl groups excluding tert-OH is 1. The van der Waals surface area contributed by atoms with Crippen LogP contribution in [-0.2, 0) is 4.74 Å². The highest BCUT2D eigenvalue weighted by Crippen LogP contribution is 2.20. The molecule has 1 rings (SSSR count). The fraction of sp³-hybridized carbons (Fsp3) is 0.846. The molecule has 1 unspecified atom stereocenters. The molecule has 0 spiro atoms. The van der Waals surface area contributed by atoms with Crippen molar-refractivity contribution in [2.45, 2.75) is 51.2 Å². The van der Waals surface area contributed by atoms with E-state index in [0.29, 0.717) is 19.3 Å². The molecule has 16 heavy (non-hydrogen) atoms. The maximum absolute atomic E-state index is 9.66. The van der Waals surface area contributed by atoms with Gasteiger partial charge in [-0.3, -0.25) is 0 Å². The normalized spacial score (nSPS) is 19.6. The van der Waals surface area contributed by atoms with Crippen molar-refractivity contribution < 1.29 is 9.84 Å². The molecule has 0 bridgehead atoms. The molecule has 0 aromatic heterocycles. The molecule has 1 aliphatic rings. The number of nitrogens with one attached hydrogen (secondary N) is 1. The first-order valence-corrected chi connectivity index (χ1v) is 6.44. The lowest BCUT2D eigenvalue weighted by molar-refractivity contribution is -0.00529. The van der Waals surface area contributed by atoms with Crippen molar-refractivity contribution in [2.24, 2.45) is 0 Å². The Bertz CT molecular complexity index is 188. The lowest BCUT2D eigenvalue weighted by Crippen LogP contribution is -2.32. The molecule has 3 heteroatoms. The Kier molecular flexibility index (Phi) is 7.47. The standard InChI is InChI=1S/C13H25NO2/c1-2-3-6-9-14-10-12(15)11-16-13-7-4-5-8-13/h2-3,12-15H,4-11H2,1H3/b3-2+. The van der Waals surface area contributed by atoms with E-state index in [4.69, 9.17) is 4.74 Å². The van der Waals surface area contributed by atoms with E-state index in [9.17, 15) is 5.11 Å². The second-order valence-corrected chi connectivity index (χ2v) is 4.46. The third kappa shape index (κ3) is 6.26. The summed E-state index contributed by atoms with van der Waals surface area (Å²) in [7, 11) is 0. The largest absolute Gasteiger partial charge is 0.389 e. The third-order valence-electron chi connectivity index (χ3n) is 2.93. The number of hydrogen-bond donors (Lipinski definition) is 2. The van der Waals surface area contributed by atoms with E-state index in [1.165, 1.54) is 25.7 Å². The fourth-order valence-corrected chi connectivity index (χ4v) is 1.98. The van der Waals surface area contributed by atoms with Crippen LogP contribution in [0.4, 0.5) is 0 Å². The van der Waals surface area contributed by atoms with Gasteiger partial charge in [-0.2, -0.15) is 0 Å². The molecule has 1 atom stereocenters. The minimum atomic E-state index is -0.369. The molecule has 0 radical (unpaired) electrons. The van der Waals surface area contributed by atoms with Crippen LogP contribution in [0.25, 0.3) is 0 Å². The van der Waals surface area contributed by atoms with Crippen LogP contribution in [-0.4, -0.2) is 37.0 Å². The second kappa shape index (κ2) is 8.74. The van der Waals surface area contributed by atoms with Gasteiger partial charge in [-0.15, -0.1) is 0 Å². The second-order valence-electron chi connectivity index (χ2n) is 4.46. The lowest BCUT2D eigenvalue weighted by atomic mass is 10.3. The maximum atomic E-state index is 9.66. The Balaban J connectivity index is 1.91. The van der Waals surface area contributed by atoms with Crippen molar-refractivity contribution in [3.63, 3.8) is 0 Å². The molecule has 0 saturated heterocycles. The third-order valence-corrected chi connectivity index (χ3v) is 2.93. The van der Waals surface area contributed by atoms with Crippen LogP contribution in [0.1, 0.15) is 39.0 Å². The van der Waals surface area contributed by atoms with Gasteiger partial charge in [-0.1, -0.05) is 25.0 Å². The number of aliphatic hydroxyl groups is 1. The topological polar surface area (TPSA) is 41.5 Å². The Hall–Kier alpha value is -0.380. The van der Waals surface area contributed by atoms with Crippen LogP contribution in [0.15, 0.2) is 12.2 Å². The number of hydrogen-bond acceptors (Lipinski definition) is 3. The van der Waals surface area contributed by atoms with Gasteiger partial charge in [-0.25, -0.2) is 0 Å². The van der Waals surface area contributed by atoms with Gasteiger partial charge < -0.3 is 15.2 Å². The smallest absolute Gasteiger partial charge is 0.0897 e. The molecular formula is C13H25NO2. The summed E-state index contributed by atoms with van der Waals surface area (Å²) >= 11 is 0. The highest BCUT2D eigenvalue weighted by molar-refractivity contribution is 4.77. The molecule has 1 fully saturated rings. The fourth-order valence-electron chi connectivity index (χ4n) is 1.98. The molecule has 3 nitrogen and oxygen atoms in total. The first-order valence-electron chi connectivity index (χ1n) is 6.44. The van der Waals surface area contributed by atoms with Crippen molar-refractivity contribution >= 4 is 0 Å². The summed E-state index contributed by atoms with van der Waals surface area (Å²) < 4.78 is 5.64. The Morgan fingerprint density at radius 2 is 2.19 bits per heavy atom. The average molecular weight is 227 g/mol. The zero-order chi connectivity index (χ0) is 11.6. The monoisotopic (exact) mass is 227 g/mol. The maximum Gasteiger partial charge on any atom is 0.0897 e. The summed E-state index contributed by atoms with van der Waals surface area (Å²) in [6, 6.07) is 0. The molecule has 1 aliphatic carbocycles. The summed E-state index contributed by atoms with van der Waals surface area (Å²) in [5.41, 5.74) is 0. The minimum absolute atomic E-state index is 0.369. The van der Waals surface area contributed by atoms with Gasteiger partial charge in [0.2, 0.25) is 0 Å². The van der Waals surface area contributed by atoms with Gasteiger partial charge in [0.1, 0.15) is 0 Å². The van der Waals surface area contributed by atoms with Crippen molar-refractivity contribution in [3.8, 4) is 0 Å². The zero-order valence-electron chi connectivity index (χ0n) is 10.3. The van der Waals surface area contributed by atoms with E-state index >= 15 is 0 Å². The molecule has 0 aromatic rings. The van der Waals surface area contributed by atoms with Crippen LogP contribution in [0.5, 0.6) is 0 Å². The first-order chi connectivity index (χ1) is 7.83. The first kappa shape index (κ1) is 13.7. The average Bonchev–Trinajstić information content (AvgIpc) is 2.79. The predicted octanol–water partition coefficient (Wildman–Crippen LogP) is 1.86. The van der Waals surface area contributed by atoms with Gasteiger partial charge >= 0.3 is 0 Å². The van der Waals surface area contributed by atoms with Gasteiger partial charge in [0.25, 0.3) is 0 Å². The molecule has 2 N–H and O–H groups in total. The predicted molar refractivity (Wildman–Crippen MR) is 66.5 cm³/mol. The van der Waals surface area contributed by atoms with Crippen LogP contribution in [0, 0.1) is 0 Å². The molecule has 1 saturated carbocycles. The Labute approximate surface area is 98.9 Å². The van der Waals surface area contributed by atoms with Crippen LogP contribution in [0.3, 0.4) is 0 Å². The Morgan fingerprint density at radius 3 is 2.88 bits per heavy atom.